The van der Waals surface area contributed by atoms with E-state index in [2.05, 4.69) is 4.98 Å². The predicted octanol–water partition coefficient (Wildman–Crippen LogP) is 3.37. The lowest BCUT2D eigenvalue weighted by molar-refractivity contribution is -0.131. The number of carbonyl (C=O) groups is 1. The van der Waals surface area contributed by atoms with Gasteiger partial charge in [-0.2, -0.15) is 0 Å². The third-order valence-electron chi connectivity index (χ3n) is 4.13. The number of nitrogens with zero attached hydrogens (tertiary/aromatic N) is 3. The van der Waals surface area contributed by atoms with Crippen molar-refractivity contribution in [3.05, 3.63) is 68.7 Å². The third kappa shape index (κ3) is 4.23. The van der Waals surface area contributed by atoms with Crippen LogP contribution < -0.4 is 10.3 Å². The molecule has 1 aromatic heterocycles. The van der Waals surface area contributed by atoms with E-state index in [1.165, 1.54) is 27.9 Å². The molecular weight excluding hydrogens is 389 g/mol. The molecule has 0 fully saturated rings. The largest absolute Gasteiger partial charge is 0.497 e. The van der Waals surface area contributed by atoms with Gasteiger partial charge in [-0.1, -0.05) is 35.3 Å². The number of amides is 1. The molecular formula is C19H17Cl2N3O3. The lowest BCUT2D eigenvalue weighted by atomic mass is 10.2. The Morgan fingerprint density at radius 2 is 2.04 bits per heavy atom. The number of fused-ring (bicyclic) bond motifs is 1. The zero-order chi connectivity index (χ0) is 19.6. The first-order valence-corrected chi connectivity index (χ1v) is 8.85. The summed E-state index contributed by atoms with van der Waals surface area (Å²) in [6.07, 6.45) is 1.32. The van der Waals surface area contributed by atoms with E-state index in [1.807, 2.05) is 24.3 Å². The van der Waals surface area contributed by atoms with Gasteiger partial charge in [0, 0.05) is 18.6 Å². The van der Waals surface area contributed by atoms with Crippen LogP contribution in [0, 0.1) is 0 Å². The van der Waals surface area contributed by atoms with Crippen LogP contribution in [0.15, 0.2) is 47.5 Å². The van der Waals surface area contributed by atoms with E-state index in [0.29, 0.717) is 22.1 Å². The second kappa shape index (κ2) is 7.98. The molecule has 0 aliphatic heterocycles. The van der Waals surface area contributed by atoms with Gasteiger partial charge in [0.25, 0.3) is 5.56 Å². The van der Waals surface area contributed by atoms with Crippen LogP contribution in [0.3, 0.4) is 0 Å². The van der Waals surface area contributed by atoms with Crippen LogP contribution >= 0.6 is 23.2 Å². The molecule has 1 amide bonds. The molecule has 0 radical (unpaired) electrons. The van der Waals surface area contributed by atoms with Gasteiger partial charge in [0.05, 0.1) is 29.4 Å². The average molecular weight is 406 g/mol. The maximum atomic E-state index is 12.7. The molecule has 0 spiro atoms. The van der Waals surface area contributed by atoms with Crippen LogP contribution in [0.1, 0.15) is 5.56 Å². The van der Waals surface area contributed by atoms with Crippen LogP contribution in [-0.2, 0) is 17.9 Å². The Balaban J connectivity index is 1.81. The molecule has 0 aliphatic rings. The topological polar surface area (TPSA) is 64.4 Å². The highest BCUT2D eigenvalue weighted by Gasteiger charge is 2.14. The van der Waals surface area contributed by atoms with Crippen molar-refractivity contribution in [1.82, 2.24) is 14.5 Å². The van der Waals surface area contributed by atoms with E-state index in [9.17, 15) is 9.59 Å². The summed E-state index contributed by atoms with van der Waals surface area (Å²) in [6, 6.07) is 10.5. The molecule has 0 bridgehead atoms. The van der Waals surface area contributed by atoms with Crippen LogP contribution in [-0.4, -0.2) is 34.5 Å². The number of rotatable bonds is 5. The molecule has 0 unspecified atom stereocenters. The fourth-order valence-corrected chi connectivity index (χ4v) is 3.25. The Hall–Kier alpha value is -2.57. The van der Waals surface area contributed by atoms with Gasteiger partial charge in [-0.3, -0.25) is 14.2 Å². The first kappa shape index (κ1) is 19.2. The molecule has 0 aliphatic carbocycles. The summed E-state index contributed by atoms with van der Waals surface area (Å²) >= 11 is 12.1. The predicted molar refractivity (Wildman–Crippen MR) is 105 cm³/mol. The van der Waals surface area contributed by atoms with Crippen molar-refractivity contribution in [2.24, 2.45) is 0 Å². The lowest BCUT2D eigenvalue weighted by Gasteiger charge is -2.18. The van der Waals surface area contributed by atoms with Crippen molar-refractivity contribution in [3.63, 3.8) is 0 Å². The molecule has 0 N–H and O–H groups in total. The fraction of sp³-hybridized carbons (Fsp3) is 0.211. The highest BCUT2D eigenvalue weighted by atomic mass is 35.5. The minimum atomic E-state index is -0.368. The highest BCUT2D eigenvalue weighted by molar-refractivity contribution is 6.38. The Labute approximate surface area is 165 Å². The number of ether oxygens (including phenoxy) is 1. The molecule has 6 nitrogen and oxygen atoms in total. The molecule has 0 atom stereocenters. The first-order valence-electron chi connectivity index (χ1n) is 8.10. The van der Waals surface area contributed by atoms with Crippen molar-refractivity contribution in [2.75, 3.05) is 14.2 Å². The number of likely N-dealkylation sites (N-methyl/N-ethyl adjacent to an activating group) is 1. The highest BCUT2D eigenvalue weighted by Crippen LogP contribution is 2.24. The molecule has 27 heavy (non-hydrogen) atoms. The summed E-state index contributed by atoms with van der Waals surface area (Å²) in [5, 5.41) is 0.909. The van der Waals surface area contributed by atoms with Gasteiger partial charge in [-0.05, 0) is 29.8 Å². The lowest BCUT2D eigenvalue weighted by Crippen LogP contribution is -2.33. The monoisotopic (exact) mass is 405 g/mol. The van der Waals surface area contributed by atoms with E-state index in [4.69, 9.17) is 27.9 Å². The number of methoxy groups -OCH3 is 1. The summed E-state index contributed by atoms with van der Waals surface area (Å²) in [5.74, 6) is 0.492. The molecule has 8 heteroatoms. The molecule has 140 valence electrons. The standard InChI is InChI=1S/C19H17Cl2N3O3/c1-23(9-12-4-3-5-14(6-12)27-2)17(25)10-24-11-22-18-15(19(24)26)7-13(20)8-16(18)21/h3-8,11H,9-10H2,1-2H3. The van der Waals surface area contributed by atoms with Crippen molar-refractivity contribution in [2.45, 2.75) is 13.1 Å². The number of hydrogen-bond acceptors (Lipinski definition) is 4. The molecule has 3 aromatic rings. The summed E-state index contributed by atoms with van der Waals surface area (Å²) in [5.41, 5.74) is 0.916. The molecule has 0 saturated carbocycles. The Kier molecular flexibility index (Phi) is 5.68. The van der Waals surface area contributed by atoms with E-state index < -0.39 is 0 Å². The van der Waals surface area contributed by atoms with E-state index >= 15 is 0 Å². The zero-order valence-corrected chi connectivity index (χ0v) is 16.3. The van der Waals surface area contributed by atoms with Gasteiger partial charge in [0.1, 0.15) is 12.3 Å². The number of aromatic nitrogens is 2. The molecule has 2 aromatic carbocycles. The number of carbonyl (C=O) groups excluding carboxylic acids is 1. The van der Waals surface area contributed by atoms with Crippen LogP contribution in [0.4, 0.5) is 0 Å². The zero-order valence-electron chi connectivity index (χ0n) is 14.8. The van der Waals surface area contributed by atoms with Gasteiger partial charge >= 0.3 is 0 Å². The van der Waals surface area contributed by atoms with E-state index in [-0.39, 0.29) is 23.4 Å². The quantitative estimate of drug-likeness (QED) is 0.652. The molecule has 1 heterocycles. The van der Waals surface area contributed by atoms with E-state index in [0.717, 1.165) is 11.3 Å². The van der Waals surface area contributed by atoms with Crippen LogP contribution in [0.2, 0.25) is 10.0 Å². The Bertz CT molecular complexity index is 1070. The molecule has 3 rings (SSSR count). The summed E-state index contributed by atoms with van der Waals surface area (Å²) in [4.78, 5) is 30.9. The minimum absolute atomic E-state index is 0.133. The summed E-state index contributed by atoms with van der Waals surface area (Å²) in [7, 11) is 3.26. The van der Waals surface area contributed by atoms with Crippen molar-refractivity contribution >= 4 is 40.0 Å². The number of hydrogen-bond donors (Lipinski definition) is 0. The van der Waals surface area contributed by atoms with Gasteiger partial charge in [0.2, 0.25) is 5.91 Å². The third-order valence-corrected chi connectivity index (χ3v) is 4.64. The SMILES string of the molecule is COc1cccc(CN(C)C(=O)Cn2cnc3c(Cl)cc(Cl)cc3c2=O)c1. The first-order chi connectivity index (χ1) is 12.9. The van der Waals surface area contributed by atoms with Gasteiger partial charge in [-0.25, -0.2) is 4.98 Å². The Morgan fingerprint density at radius 1 is 1.26 bits per heavy atom. The second-order valence-corrected chi connectivity index (χ2v) is 6.91. The maximum Gasteiger partial charge on any atom is 0.261 e. The van der Waals surface area contributed by atoms with Gasteiger partial charge in [-0.15, -0.1) is 0 Å². The average Bonchev–Trinajstić information content (AvgIpc) is 2.64. The Morgan fingerprint density at radius 3 is 2.78 bits per heavy atom. The van der Waals surface area contributed by atoms with Crippen molar-refractivity contribution in [1.29, 1.82) is 0 Å². The van der Waals surface area contributed by atoms with Crippen molar-refractivity contribution < 1.29 is 9.53 Å². The van der Waals surface area contributed by atoms with Gasteiger partial charge < -0.3 is 9.64 Å². The molecule has 0 saturated heterocycles. The smallest absolute Gasteiger partial charge is 0.261 e. The van der Waals surface area contributed by atoms with Crippen molar-refractivity contribution in [3.8, 4) is 5.75 Å². The minimum Gasteiger partial charge on any atom is -0.497 e. The normalized spacial score (nSPS) is 10.8. The second-order valence-electron chi connectivity index (χ2n) is 6.06. The van der Waals surface area contributed by atoms with Crippen LogP contribution in [0.5, 0.6) is 5.75 Å². The van der Waals surface area contributed by atoms with E-state index in [1.54, 1.807) is 14.2 Å². The van der Waals surface area contributed by atoms with Gasteiger partial charge in [0.15, 0.2) is 0 Å². The number of halogens is 2. The summed E-state index contributed by atoms with van der Waals surface area (Å²) in [6.45, 7) is 0.260. The fourth-order valence-electron chi connectivity index (χ4n) is 2.71. The number of benzene rings is 2. The summed E-state index contributed by atoms with van der Waals surface area (Å²) < 4.78 is 6.44. The maximum absolute atomic E-state index is 12.7. The van der Waals surface area contributed by atoms with Crippen LogP contribution in [0.25, 0.3) is 10.9 Å².